The second kappa shape index (κ2) is 10.8. The second-order valence-corrected chi connectivity index (χ2v) is 11.9. The largest absolute Gasteiger partial charge is 0.355 e. The van der Waals surface area contributed by atoms with Crippen molar-refractivity contribution >= 4 is 56.8 Å². The average Bonchev–Trinajstić information content (AvgIpc) is 3.32. The molecule has 3 amide bonds. The van der Waals surface area contributed by atoms with Crippen LogP contribution in [0.1, 0.15) is 59.5 Å². The Morgan fingerprint density at radius 2 is 1.85 bits per heavy atom. The van der Waals surface area contributed by atoms with Gasteiger partial charge in [0.15, 0.2) is 0 Å². The normalized spacial score (nSPS) is 20.6. The molecule has 0 aliphatic carbocycles. The molecular weight excluding hydrogens is 582 g/mol. The Morgan fingerprint density at radius 1 is 1.15 bits per heavy atom. The third-order valence-corrected chi connectivity index (χ3v) is 8.78. The van der Waals surface area contributed by atoms with E-state index in [1.54, 1.807) is 54.4 Å². The van der Waals surface area contributed by atoms with E-state index >= 15 is 0 Å². The summed E-state index contributed by atoms with van der Waals surface area (Å²) < 4.78 is 2.66. The number of nitrogens with one attached hydrogen (secondary N) is 1. The summed E-state index contributed by atoms with van der Waals surface area (Å²) in [4.78, 5) is 43.4. The number of piperidine rings is 1. The lowest BCUT2D eigenvalue weighted by atomic mass is 9.84. The minimum Gasteiger partial charge on any atom is -0.355 e. The Labute approximate surface area is 241 Å². The number of likely N-dealkylation sites (tertiary alicyclic amines) is 1. The third kappa shape index (κ3) is 4.98. The quantitative estimate of drug-likeness (QED) is 0.405. The lowest BCUT2D eigenvalue weighted by Crippen LogP contribution is -2.56. The van der Waals surface area contributed by atoms with Crippen LogP contribution in [0.15, 0.2) is 53.1 Å². The van der Waals surface area contributed by atoms with Gasteiger partial charge in [0.05, 0.1) is 28.9 Å². The predicted molar refractivity (Wildman–Crippen MR) is 155 cm³/mol. The van der Waals surface area contributed by atoms with Crippen LogP contribution in [0, 0.1) is 11.8 Å². The van der Waals surface area contributed by atoms with Crippen LogP contribution in [0.25, 0.3) is 0 Å². The molecular formula is C29H31BrClN5O3. The van der Waals surface area contributed by atoms with Crippen molar-refractivity contribution in [3.8, 4) is 0 Å². The minimum atomic E-state index is -0.351. The molecule has 0 saturated carbocycles. The number of aromatic nitrogens is 2. The fourth-order valence-corrected chi connectivity index (χ4v) is 6.07. The maximum atomic E-state index is 14.2. The van der Waals surface area contributed by atoms with E-state index in [0.717, 1.165) is 22.3 Å². The Hall–Kier alpha value is -3.17. The summed E-state index contributed by atoms with van der Waals surface area (Å²) >= 11 is 9.66. The Morgan fingerprint density at radius 3 is 2.49 bits per heavy atom. The number of amides is 3. The second-order valence-electron chi connectivity index (χ2n) is 10.7. The Kier molecular flexibility index (Phi) is 7.57. The molecule has 2 unspecified atom stereocenters. The van der Waals surface area contributed by atoms with E-state index in [-0.39, 0.29) is 35.7 Å². The highest BCUT2D eigenvalue weighted by Gasteiger charge is 2.48. The van der Waals surface area contributed by atoms with E-state index in [9.17, 15) is 14.4 Å². The molecule has 1 saturated heterocycles. The SMILES string of the molecule is CNC(=O)c1ccc(N2C(=O)C3C[C@@H](C)N(C(=O)c4ccc(Br)c(Cl)c4)CC3n3ncc(CC(C)C)c32)cc1. The van der Waals surface area contributed by atoms with Gasteiger partial charge in [0.1, 0.15) is 5.82 Å². The highest BCUT2D eigenvalue weighted by molar-refractivity contribution is 9.10. The maximum absolute atomic E-state index is 14.2. The summed E-state index contributed by atoms with van der Waals surface area (Å²) in [7, 11) is 1.59. The summed E-state index contributed by atoms with van der Waals surface area (Å²) in [6.45, 7) is 6.61. The van der Waals surface area contributed by atoms with Crippen LogP contribution in [0.4, 0.5) is 11.5 Å². The highest BCUT2D eigenvalue weighted by Crippen LogP contribution is 2.45. The minimum absolute atomic E-state index is 0.0173. The monoisotopic (exact) mass is 611 g/mol. The van der Waals surface area contributed by atoms with Gasteiger partial charge in [-0.3, -0.25) is 19.3 Å². The van der Waals surface area contributed by atoms with Crippen molar-refractivity contribution in [3.63, 3.8) is 0 Å². The maximum Gasteiger partial charge on any atom is 0.254 e. The first-order valence-electron chi connectivity index (χ1n) is 13.1. The first-order chi connectivity index (χ1) is 18.6. The highest BCUT2D eigenvalue weighted by atomic mass is 79.9. The van der Waals surface area contributed by atoms with E-state index in [1.165, 1.54) is 0 Å². The van der Waals surface area contributed by atoms with Gasteiger partial charge in [-0.05, 0) is 84.1 Å². The molecule has 1 N–H and O–H groups in total. The number of carbonyl (C=O) groups excluding carboxylic acids is 3. The average molecular weight is 613 g/mol. The molecule has 8 nitrogen and oxygen atoms in total. The van der Waals surface area contributed by atoms with E-state index in [0.29, 0.717) is 40.7 Å². The fourth-order valence-electron chi connectivity index (χ4n) is 5.64. The van der Waals surface area contributed by atoms with Gasteiger partial charge in [-0.25, -0.2) is 4.68 Å². The lowest BCUT2D eigenvalue weighted by molar-refractivity contribution is -0.126. The first-order valence-corrected chi connectivity index (χ1v) is 14.3. The molecule has 5 rings (SSSR count). The molecule has 39 heavy (non-hydrogen) atoms. The third-order valence-electron chi connectivity index (χ3n) is 7.55. The van der Waals surface area contributed by atoms with E-state index < -0.39 is 0 Å². The molecule has 0 spiro atoms. The molecule has 10 heteroatoms. The van der Waals surface area contributed by atoms with E-state index in [1.807, 2.05) is 22.7 Å². The topological polar surface area (TPSA) is 87.5 Å². The standard InChI is InChI=1S/C29H31BrClN5O3/c1-16(2)11-20-14-33-36-25-15-34(28(38)19-7-10-23(30)24(31)13-19)17(3)12-22(25)29(39)35(27(20)36)21-8-5-18(6-9-21)26(37)32-4/h5-10,13-14,16-17,22,25H,11-12,15H2,1-4H3,(H,32,37)/t17-,22?,25?/m1/s1. The zero-order valence-electron chi connectivity index (χ0n) is 22.3. The summed E-state index contributed by atoms with van der Waals surface area (Å²) in [5.74, 6) is 0.417. The molecule has 1 aromatic heterocycles. The zero-order chi connectivity index (χ0) is 28.0. The molecule has 0 radical (unpaired) electrons. The van der Waals surface area contributed by atoms with Crippen molar-refractivity contribution in [3.05, 3.63) is 74.8 Å². The van der Waals surface area contributed by atoms with Crippen molar-refractivity contribution in [1.29, 1.82) is 0 Å². The van der Waals surface area contributed by atoms with Crippen molar-refractivity contribution in [2.24, 2.45) is 11.8 Å². The molecule has 3 heterocycles. The van der Waals surface area contributed by atoms with Crippen LogP contribution < -0.4 is 10.2 Å². The first kappa shape index (κ1) is 27.4. The number of rotatable bonds is 5. The number of anilines is 2. The van der Waals surface area contributed by atoms with Crippen molar-refractivity contribution in [1.82, 2.24) is 20.0 Å². The molecule has 2 aromatic carbocycles. The number of carbonyl (C=O) groups is 3. The molecule has 204 valence electrons. The molecule has 1 fully saturated rings. The van der Waals surface area contributed by atoms with Crippen LogP contribution in [0.3, 0.4) is 0 Å². The van der Waals surface area contributed by atoms with Crippen molar-refractivity contribution in [2.75, 3.05) is 18.5 Å². The van der Waals surface area contributed by atoms with Gasteiger partial charge in [-0.15, -0.1) is 0 Å². The van der Waals surface area contributed by atoms with Crippen LogP contribution in [0.5, 0.6) is 0 Å². The smallest absolute Gasteiger partial charge is 0.254 e. The van der Waals surface area contributed by atoms with Gasteiger partial charge in [0.2, 0.25) is 5.91 Å². The van der Waals surface area contributed by atoms with Crippen LogP contribution in [0.2, 0.25) is 5.02 Å². The number of benzene rings is 2. The molecule has 2 aliphatic rings. The molecule has 2 aliphatic heterocycles. The van der Waals surface area contributed by atoms with Gasteiger partial charge >= 0.3 is 0 Å². The van der Waals surface area contributed by atoms with Gasteiger partial charge in [-0.2, -0.15) is 5.10 Å². The number of hydrogen-bond donors (Lipinski definition) is 1. The van der Waals surface area contributed by atoms with Crippen LogP contribution in [-0.4, -0.2) is 52.0 Å². The zero-order valence-corrected chi connectivity index (χ0v) is 24.7. The summed E-state index contributed by atoms with van der Waals surface area (Å²) in [6.07, 6.45) is 3.10. The number of hydrogen-bond acceptors (Lipinski definition) is 4. The molecule has 3 aromatic rings. The van der Waals surface area contributed by atoms with E-state index in [2.05, 4.69) is 35.1 Å². The number of halogens is 2. The predicted octanol–water partition coefficient (Wildman–Crippen LogP) is 5.63. The Balaban J connectivity index is 1.54. The van der Waals surface area contributed by atoms with E-state index in [4.69, 9.17) is 16.7 Å². The van der Waals surface area contributed by atoms with Gasteiger partial charge in [-0.1, -0.05) is 25.4 Å². The fraction of sp³-hybridized carbons (Fsp3) is 0.379. The number of fused-ring (bicyclic) bond motifs is 3. The van der Waals surface area contributed by atoms with Crippen LogP contribution >= 0.6 is 27.5 Å². The molecule has 0 bridgehead atoms. The summed E-state index contributed by atoms with van der Waals surface area (Å²) in [6, 6.07) is 11.8. The van der Waals surface area contributed by atoms with Crippen molar-refractivity contribution < 1.29 is 14.4 Å². The number of nitrogens with zero attached hydrogens (tertiary/aromatic N) is 4. The summed E-state index contributed by atoms with van der Waals surface area (Å²) in [5, 5.41) is 7.88. The van der Waals surface area contributed by atoms with Gasteiger partial charge in [0.25, 0.3) is 11.8 Å². The van der Waals surface area contributed by atoms with Crippen LogP contribution in [-0.2, 0) is 11.2 Å². The van der Waals surface area contributed by atoms with Gasteiger partial charge in [0, 0.05) is 40.8 Å². The molecule has 3 atom stereocenters. The van der Waals surface area contributed by atoms with Crippen molar-refractivity contribution in [2.45, 2.75) is 45.7 Å². The lowest BCUT2D eigenvalue weighted by Gasteiger charge is -2.47. The summed E-state index contributed by atoms with van der Waals surface area (Å²) in [5.41, 5.74) is 2.69. The van der Waals surface area contributed by atoms with Gasteiger partial charge < -0.3 is 10.2 Å². The Bertz CT molecular complexity index is 1440.